The molecule has 0 saturated carbocycles. The van der Waals surface area contributed by atoms with E-state index in [1.54, 1.807) is 6.92 Å². The van der Waals surface area contributed by atoms with E-state index in [4.69, 9.17) is 4.98 Å². The Balaban J connectivity index is 1.94. The number of aryl methyl sites for hydroxylation is 2. The lowest BCUT2D eigenvalue weighted by Crippen LogP contribution is -2.41. The van der Waals surface area contributed by atoms with E-state index in [1.165, 1.54) is 29.9 Å². The zero-order valence-electron chi connectivity index (χ0n) is 16.9. The van der Waals surface area contributed by atoms with E-state index in [1.807, 2.05) is 26.0 Å². The number of benzene rings is 2. The number of carbonyl (C=O) groups is 2. The van der Waals surface area contributed by atoms with Crippen molar-refractivity contribution < 1.29 is 9.59 Å². The molecular formula is C22H24N4O2S. The van der Waals surface area contributed by atoms with Gasteiger partial charge in [-0.25, -0.2) is 9.78 Å². The molecule has 1 heterocycles. The van der Waals surface area contributed by atoms with E-state index in [0.29, 0.717) is 5.16 Å². The van der Waals surface area contributed by atoms with Gasteiger partial charge in [-0.3, -0.25) is 10.1 Å². The van der Waals surface area contributed by atoms with Crippen molar-refractivity contribution in [3.8, 4) is 22.5 Å². The first-order chi connectivity index (χ1) is 13.9. The minimum absolute atomic E-state index is 0.375. The summed E-state index contributed by atoms with van der Waals surface area (Å²) in [4.78, 5) is 31.7. The molecule has 0 bridgehead atoms. The largest absolute Gasteiger partial charge is 0.341 e. The summed E-state index contributed by atoms with van der Waals surface area (Å²) in [6.45, 7) is 5.83. The predicted molar refractivity (Wildman–Crippen MR) is 117 cm³/mol. The fourth-order valence-corrected chi connectivity index (χ4v) is 3.56. The smallest absolute Gasteiger partial charge is 0.321 e. The average molecular weight is 409 g/mol. The number of carbonyl (C=O) groups excluding carboxylic acids is 2. The highest BCUT2D eigenvalue weighted by molar-refractivity contribution is 8.00. The Kier molecular flexibility index (Phi) is 6.39. The van der Waals surface area contributed by atoms with Gasteiger partial charge in [0, 0.05) is 18.2 Å². The van der Waals surface area contributed by atoms with Crippen LogP contribution in [0.3, 0.4) is 0 Å². The monoisotopic (exact) mass is 408 g/mol. The van der Waals surface area contributed by atoms with E-state index < -0.39 is 11.3 Å². The molecule has 0 spiro atoms. The predicted octanol–water partition coefficient (Wildman–Crippen LogP) is 4.30. The second-order valence-electron chi connectivity index (χ2n) is 6.83. The van der Waals surface area contributed by atoms with Crippen molar-refractivity contribution in [1.29, 1.82) is 0 Å². The SMILES string of the molecule is CNC(=O)NC(=O)C(C)Sc1nc(-c2ccc(C)cc2)c(-c2ccc(C)cc2)[nH]1. The Labute approximate surface area is 174 Å². The summed E-state index contributed by atoms with van der Waals surface area (Å²) < 4.78 is 0. The number of imide groups is 1. The van der Waals surface area contributed by atoms with Gasteiger partial charge in [-0.15, -0.1) is 0 Å². The molecule has 1 unspecified atom stereocenters. The van der Waals surface area contributed by atoms with Crippen molar-refractivity contribution >= 4 is 23.7 Å². The number of hydrogen-bond acceptors (Lipinski definition) is 4. The van der Waals surface area contributed by atoms with Gasteiger partial charge in [0.1, 0.15) is 0 Å². The summed E-state index contributed by atoms with van der Waals surface area (Å²) in [5, 5.41) is 4.80. The topological polar surface area (TPSA) is 86.9 Å². The number of nitrogens with one attached hydrogen (secondary N) is 3. The van der Waals surface area contributed by atoms with Crippen molar-refractivity contribution in [3.05, 3.63) is 59.7 Å². The van der Waals surface area contributed by atoms with Gasteiger partial charge in [-0.2, -0.15) is 0 Å². The molecule has 0 aliphatic heterocycles. The highest BCUT2D eigenvalue weighted by Gasteiger charge is 2.21. The molecular weight excluding hydrogens is 384 g/mol. The first-order valence-corrected chi connectivity index (χ1v) is 10.2. The number of amides is 3. The van der Waals surface area contributed by atoms with Gasteiger partial charge < -0.3 is 10.3 Å². The molecule has 1 aromatic heterocycles. The van der Waals surface area contributed by atoms with Crippen LogP contribution in [0.5, 0.6) is 0 Å². The number of aromatic amines is 1. The summed E-state index contributed by atoms with van der Waals surface area (Å²) in [5.41, 5.74) is 6.10. The van der Waals surface area contributed by atoms with Crippen LogP contribution in [0.4, 0.5) is 4.79 Å². The Bertz CT molecular complexity index is 947. The molecule has 3 amide bonds. The van der Waals surface area contributed by atoms with Gasteiger partial charge in [-0.1, -0.05) is 71.4 Å². The summed E-state index contributed by atoms with van der Waals surface area (Å²) >= 11 is 1.28. The summed E-state index contributed by atoms with van der Waals surface area (Å²) in [6.07, 6.45) is 0. The Morgan fingerprint density at radius 3 is 2.07 bits per heavy atom. The van der Waals surface area contributed by atoms with Crippen LogP contribution in [-0.4, -0.2) is 34.2 Å². The fraction of sp³-hybridized carbons (Fsp3) is 0.227. The number of urea groups is 1. The molecule has 2 aromatic carbocycles. The van der Waals surface area contributed by atoms with Crippen LogP contribution in [-0.2, 0) is 4.79 Å². The van der Waals surface area contributed by atoms with E-state index in [-0.39, 0.29) is 5.91 Å². The van der Waals surface area contributed by atoms with Gasteiger partial charge in [0.25, 0.3) is 0 Å². The Morgan fingerprint density at radius 1 is 0.966 bits per heavy atom. The Hall–Kier alpha value is -3.06. The normalized spacial score (nSPS) is 11.7. The van der Waals surface area contributed by atoms with Crippen LogP contribution < -0.4 is 10.6 Å². The number of hydrogen-bond donors (Lipinski definition) is 3. The lowest BCUT2D eigenvalue weighted by Gasteiger charge is -2.08. The molecule has 0 radical (unpaired) electrons. The van der Waals surface area contributed by atoms with Crippen LogP contribution in [0.1, 0.15) is 18.1 Å². The molecule has 0 saturated heterocycles. The summed E-state index contributed by atoms with van der Waals surface area (Å²) in [6, 6.07) is 15.9. The third-order valence-electron chi connectivity index (χ3n) is 4.47. The molecule has 0 aliphatic rings. The van der Waals surface area contributed by atoms with E-state index in [0.717, 1.165) is 22.5 Å². The molecule has 3 aromatic rings. The van der Waals surface area contributed by atoms with Crippen LogP contribution >= 0.6 is 11.8 Å². The molecule has 1 atom stereocenters. The first-order valence-electron chi connectivity index (χ1n) is 9.30. The first kappa shape index (κ1) is 20.7. The highest BCUT2D eigenvalue weighted by atomic mass is 32.2. The second kappa shape index (κ2) is 8.96. The maximum Gasteiger partial charge on any atom is 0.321 e. The minimum atomic E-state index is -0.525. The zero-order valence-corrected chi connectivity index (χ0v) is 17.7. The van der Waals surface area contributed by atoms with Crippen molar-refractivity contribution in [2.45, 2.75) is 31.2 Å². The number of H-pyrrole nitrogens is 1. The van der Waals surface area contributed by atoms with Crippen molar-refractivity contribution in [3.63, 3.8) is 0 Å². The molecule has 29 heavy (non-hydrogen) atoms. The lowest BCUT2D eigenvalue weighted by atomic mass is 10.0. The summed E-state index contributed by atoms with van der Waals surface area (Å²) in [5.74, 6) is -0.375. The van der Waals surface area contributed by atoms with Crippen molar-refractivity contribution in [2.75, 3.05) is 7.05 Å². The minimum Gasteiger partial charge on any atom is -0.341 e. The fourth-order valence-electron chi connectivity index (χ4n) is 2.75. The van der Waals surface area contributed by atoms with E-state index in [9.17, 15) is 9.59 Å². The van der Waals surface area contributed by atoms with E-state index in [2.05, 4.69) is 52.0 Å². The number of imidazole rings is 1. The second-order valence-corrected chi connectivity index (χ2v) is 8.16. The molecule has 3 N–H and O–H groups in total. The van der Waals surface area contributed by atoms with Crippen LogP contribution in [0.15, 0.2) is 53.7 Å². The molecule has 150 valence electrons. The van der Waals surface area contributed by atoms with Crippen molar-refractivity contribution in [2.24, 2.45) is 0 Å². The molecule has 7 heteroatoms. The van der Waals surface area contributed by atoms with Gasteiger partial charge in [-0.05, 0) is 20.8 Å². The number of aromatic nitrogens is 2. The van der Waals surface area contributed by atoms with E-state index >= 15 is 0 Å². The number of rotatable bonds is 5. The summed E-state index contributed by atoms with van der Waals surface area (Å²) in [7, 11) is 1.47. The molecule has 0 aliphatic carbocycles. The molecule has 0 fully saturated rings. The number of thioether (sulfide) groups is 1. The van der Waals surface area contributed by atoms with Crippen LogP contribution in [0.2, 0.25) is 0 Å². The third-order valence-corrected chi connectivity index (χ3v) is 5.45. The molecule has 3 rings (SSSR count). The third kappa shape index (κ3) is 5.06. The van der Waals surface area contributed by atoms with Gasteiger partial charge in [0.15, 0.2) is 5.16 Å². The van der Waals surface area contributed by atoms with Crippen molar-refractivity contribution in [1.82, 2.24) is 20.6 Å². The quantitative estimate of drug-likeness (QED) is 0.550. The number of nitrogens with zero attached hydrogens (tertiary/aromatic N) is 1. The maximum absolute atomic E-state index is 12.2. The van der Waals surface area contributed by atoms with Crippen LogP contribution in [0.25, 0.3) is 22.5 Å². The average Bonchev–Trinajstić information content (AvgIpc) is 3.12. The standard InChI is InChI=1S/C22H24N4O2S/c1-13-5-9-16(10-6-13)18-19(17-11-7-14(2)8-12-17)25-22(24-18)29-15(3)20(27)26-21(28)23-4/h5-12,15H,1-4H3,(H,24,25)(H2,23,26,27,28). The zero-order chi connectivity index (χ0) is 21.0. The van der Waals surface area contributed by atoms with Crippen LogP contribution in [0, 0.1) is 13.8 Å². The maximum atomic E-state index is 12.2. The highest BCUT2D eigenvalue weighted by Crippen LogP contribution is 2.34. The van der Waals surface area contributed by atoms with Gasteiger partial charge >= 0.3 is 6.03 Å². The molecule has 6 nitrogen and oxygen atoms in total. The van der Waals surface area contributed by atoms with Gasteiger partial charge in [0.05, 0.1) is 16.6 Å². The lowest BCUT2D eigenvalue weighted by molar-refractivity contribution is -0.119. The van der Waals surface area contributed by atoms with Gasteiger partial charge in [0.2, 0.25) is 5.91 Å². The Morgan fingerprint density at radius 2 is 1.52 bits per heavy atom.